The first kappa shape index (κ1) is 19.5. The van der Waals surface area contributed by atoms with Gasteiger partial charge in [-0.3, -0.25) is 4.79 Å². The van der Waals surface area contributed by atoms with Gasteiger partial charge in [0, 0.05) is 16.9 Å². The van der Waals surface area contributed by atoms with Gasteiger partial charge >= 0.3 is 0 Å². The molecule has 126 valence electrons. The van der Waals surface area contributed by atoms with Crippen LogP contribution in [0.15, 0.2) is 24.3 Å². The van der Waals surface area contributed by atoms with Crippen LogP contribution >= 0.6 is 11.6 Å². The molecule has 1 aromatic rings. The minimum Gasteiger partial charge on any atom is -0.462 e. The Morgan fingerprint density at radius 3 is 2.26 bits per heavy atom. The van der Waals surface area contributed by atoms with Crippen LogP contribution in [0.25, 0.3) is 0 Å². The van der Waals surface area contributed by atoms with Crippen LogP contribution in [-0.4, -0.2) is 25.2 Å². The second-order valence-corrected chi connectivity index (χ2v) is 7.13. The molecule has 0 aliphatic carbocycles. The van der Waals surface area contributed by atoms with Crippen molar-refractivity contribution < 1.29 is 9.53 Å². The van der Waals surface area contributed by atoms with Crippen LogP contribution in [0.5, 0.6) is 0 Å². The largest absolute Gasteiger partial charge is 0.462 e. The number of carbonyl (C=O) groups is 1. The quantitative estimate of drug-likeness (QED) is 0.852. The summed E-state index contributed by atoms with van der Waals surface area (Å²) < 4.78 is 4.55. The summed E-state index contributed by atoms with van der Waals surface area (Å²) in [6.07, 6.45) is 2.65. The Labute approximate surface area is 143 Å². The van der Waals surface area contributed by atoms with Gasteiger partial charge in [-0.25, -0.2) is 0 Å². The zero-order valence-electron chi connectivity index (χ0n) is 14.1. The van der Waals surface area contributed by atoms with Crippen LogP contribution in [-0.2, 0) is 14.9 Å². The Bertz CT molecular complexity index is 523. The molecule has 1 aliphatic heterocycles. The van der Waals surface area contributed by atoms with Gasteiger partial charge in [0.15, 0.2) is 0 Å². The van der Waals surface area contributed by atoms with E-state index < -0.39 is 0 Å². The summed E-state index contributed by atoms with van der Waals surface area (Å²) in [5.41, 5.74) is 0.965. The first-order valence-electron chi connectivity index (χ1n) is 7.78. The molecule has 2 rings (SSSR count). The lowest BCUT2D eigenvalue weighted by Crippen LogP contribution is -2.39. The molecule has 5 heteroatoms. The summed E-state index contributed by atoms with van der Waals surface area (Å²) in [4.78, 5) is 9.60. The highest BCUT2D eigenvalue weighted by atomic mass is 35.5. The smallest absolute Gasteiger partial charge is 0.293 e. The first-order chi connectivity index (χ1) is 10.8. The lowest BCUT2D eigenvalue weighted by molar-refractivity contribution is -0.138. The second-order valence-electron chi connectivity index (χ2n) is 6.70. The van der Waals surface area contributed by atoms with Gasteiger partial charge in [0.2, 0.25) is 0 Å². The maximum absolute atomic E-state index is 9.60. The van der Waals surface area contributed by atoms with Crippen molar-refractivity contribution >= 4 is 18.1 Å². The number of piperidine rings is 1. The van der Waals surface area contributed by atoms with E-state index in [0.717, 1.165) is 31.0 Å². The van der Waals surface area contributed by atoms with Gasteiger partial charge in [0.25, 0.3) is 6.47 Å². The first-order valence-corrected chi connectivity index (χ1v) is 8.16. The van der Waals surface area contributed by atoms with Gasteiger partial charge < -0.3 is 10.1 Å². The summed E-state index contributed by atoms with van der Waals surface area (Å²) in [6, 6.07) is 10.3. The van der Waals surface area contributed by atoms with Crippen molar-refractivity contribution in [2.24, 2.45) is 0 Å². The molecule has 1 fully saturated rings. The average molecular weight is 337 g/mol. The molecule has 0 aromatic heterocycles. The monoisotopic (exact) mass is 336 g/mol. The van der Waals surface area contributed by atoms with E-state index in [4.69, 9.17) is 16.9 Å². The molecule has 1 aliphatic rings. The number of ether oxygens (including phenoxy) is 1. The van der Waals surface area contributed by atoms with Crippen molar-refractivity contribution in [3.05, 3.63) is 34.9 Å². The molecule has 0 bridgehead atoms. The number of halogens is 1. The highest BCUT2D eigenvalue weighted by Crippen LogP contribution is 2.36. The van der Waals surface area contributed by atoms with Crippen LogP contribution in [0, 0.1) is 11.3 Å². The van der Waals surface area contributed by atoms with Crippen molar-refractivity contribution in [2.45, 2.75) is 51.0 Å². The van der Waals surface area contributed by atoms with E-state index in [2.05, 4.69) is 28.3 Å². The highest BCUT2D eigenvalue weighted by molar-refractivity contribution is 6.30. The molecule has 1 aromatic carbocycles. The number of rotatable bonds is 3. The molecular weight excluding hydrogens is 312 g/mol. The van der Waals surface area contributed by atoms with Gasteiger partial charge in [-0.2, -0.15) is 5.26 Å². The fourth-order valence-electron chi connectivity index (χ4n) is 2.57. The minimum atomic E-state index is -0.318. The van der Waals surface area contributed by atoms with Crippen LogP contribution < -0.4 is 5.32 Å². The van der Waals surface area contributed by atoms with Gasteiger partial charge in [-0.05, 0) is 64.4 Å². The van der Waals surface area contributed by atoms with Gasteiger partial charge in [0.1, 0.15) is 5.60 Å². The molecule has 0 saturated carbocycles. The normalized spacial score (nSPS) is 16.5. The van der Waals surface area contributed by atoms with E-state index in [1.807, 2.05) is 32.9 Å². The third-order valence-corrected chi connectivity index (χ3v) is 4.09. The summed E-state index contributed by atoms with van der Waals surface area (Å²) in [7, 11) is 0. The zero-order chi connectivity index (χ0) is 17.3. The van der Waals surface area contributed by atoms with Gasteiger partial charge in [-0.15, -0.1) is 0 Å². The number of benzene rings is 1. The van der Waals surface area contributed by atoms with Crippen molar-refractivity contribution in [3.8, 4) is 6.07 Å². The Morgan fingerprint density at radius 1 is 1.30 bits per heavy atom. The van der Waals surface area contributed by atoms with Crippen molar-refractivity contribution in [1.82, 2.24) is 5.32 Å². The Kier molecular flexibility index (Phi) is 7.54. The molecule has 23 heavy (non-hydrogen) atoms. The van der Waals surface area contributed by atoms with Crippen LogP contribution in [0.4, 0.5) is 0 Å². The standard InChI is InChI=1S/C13H15ClN2.C5H10O2/c14-12-3-1-11(2-4-12)13(5-8-15)6-9-16-10-7-13;1-5(2,3)7-4-6/h1-4,16H,5-7,9-10H2;4H,1-3H3. The van der Waals surface area contributed by atoms with Crippen LogP contribution in [0.3, 0.4) is 0 Å². The highest BCUT2D eigenvalue weighted by Gasteiger charge is 2.33. The average Bonchev–Trinajstić information content (AvgIpc) is 2.48. The fourth-order valence-corrected chi connectivity index (χ4v) is 2.70. The molecule has 4 nitrogen and oxygen atoms in total. The number of nitrogens with one attached hydrogen (secondary N) is 1. The lowest BCUT2D eigenvalue weighted by Gasteiger charge is -2.36. The van der Waals surface area contributed by atoms with Crippen molar-refractivity contribution in [3.63, 3.8) is 0 Å². The maximum atomic E-state index is 9.60. The Balaban J connectivity index is 0.000000322. The van der Waals surface area contributed by atoms with E-state index >= 15 is 0 Å². The molecule has 0 radical (unpaired) electrons. The zero-order valence-corrected chi connectivity index (χ0v) is 14.8. The van der Waals surface area contributed by atoms with E-state index in [9.17, 15) is 4.79 Å². The fraction of sp³-hybridized carbons (Fsp3) is 0.556. The summed E-state index contributed by atoms with van der Waals surface area (Å²) >= 11 is 5.90. The van der Waals surface area contributed by atoms with Gasteiger partial charge in [-0.1, -0.05) is 23.7 Å². The van der Waals surface area contributed by atoms with Crippen LogP contribution in [0.1, 0.15) is 45.6 Å². The molecule has 0 spiro atoms. The topological polar surface area (TPSA) is 62.1 Å². The van der Waals surface area contributed by atoms with E-state index in [1.165, 1.54) is 5.56 Å². The summed E-state index contributed by atoms with van der Waals surface area (Å²) in [5, 5.41) is 13.1. The molecule has 1 heterocycles. The third kappa shape index (κ3) is 6.60. The Morgan fingerprint density at radius 2 is 1.87 bits per heavy atom. The maximum Gasteiger partial charge on any atom is 0.293 e. The Hall–Kier alpha value is -1.57. The predicted octanol–water partition coefficient (Wildman–Crippen LogP) is 3.83. The van der Waals surface area contributed by atoms with Crippen LogP contribution in [0.2, 0.25) is 5.02 Å². The predicted molar refractivity (Wildman–Crippen MR) is 92.4 cm³/mol. The number of hydrogen-bond donors (Lipinski definition) is 1. The SMILES string of the molecule is CC(C)(C)OC=O.N#CCC1(c2ccc(Cl)cc2)CCNCC1. The summed E-state index contributed by atoms with van der Waals surface area (Å²) in [5.74, 6) is 0. The minimum absolute atomic E-state index is 0.0323. The number of nitrogens with zero attached hydrogens (tertiary/aromatic N) is 1. The molecule has 0 atom stereocenters. The summed E-state index contributed by atoms with van der Waals surface area (Å²) in [6.45, 7) is 7.90. The second kappa shape index (κ2) is 8.90. The van der Waals surface area contributed by atoms with Crippen molar-refractivity contribution in [2.75, 3.05) is 13.1 Å². The van der Waals surface area contributed by atoms with E-state index in [0.29, 0.717) is 12.9 Å². The third-order valence-electron chi connectivity index (χ3n) is 3.84. The number of carbonyl (C=O) groups excluding carboxylic acids is 1. The number of hydrogen-bond acceptors (Lipinski definition) is 4. The molecule has 1 saturated heterocycles. The molecule has 0 unspecified atom stereocenters. The number of nitriles is 1. The molecular formula is C18H25ClN2O2. The van der Waals surface area contributed by atoms with Gasteiger partial charge in [0.05, 0.1) is 6.07 Å². The van der Waals surface area contributed by atoms with E-state index in [1.54, 1.807) is 0 Å². The lowest BCUT2D eigenvalue weighted by atomic mass is 9.71. The molecule has 0 amide bonds. The van der Waals surface area contributed by atoms with Crippen molar-refractivity contribution in [1.29, 1.82) is 5.26 Å². The van der Waals surface area contributed by atoms with E-state index in [-0.39, 0.29) is 11.0 Å². The molecule has 1 N–H and O–H groups in total.